The van der Waals surface area contributed by atoms with Crippen LogP contribution < -0.4 is 0 Å². The van der Waals surface area contributed by atoms with E-state index in [9.17, 15) is 9.90 Å². The molecule has 1 N–H and O–H groups in total. The van der Waals surface area contributed by atoms with Gasteiger partial charge in [-0.2, -0.15) is 0 Å². The second kappa shape index (κ2) is 6.71. The van der Waals surface area contributed by atoms with Crippen LogP contribution in [0.5, 0.6) is 0 Å². The van der Waals surface area contributed by atoms with Crippen molar-refractivity contribution < 1.29 is 9.90 Å². The highest BCUT2D eigenvalue weighted by Crippen LogP contribution is 2.26. The molecule has 1 aromatic carbocycles. The third kappa shape index (κ3) is 3.57. The van der Waals surface area contributed by atoms with Gasteiger partial charge in [0.1, 0.15) is 5.41 Å². The van der Waals surface area contributed by atoms with Gasteiger partial charge in [0.2, 0.25) is 0 Å². The van der Waals surface area contributed by atoms with Crippen molar-refractivity contribution in [2.45, 2.75) is 45.1 Å². The largest absolute Gasteiger partial charge is 0.481 e. The summed E-state index contributed by atoms with van der Waals surface area (Å²) in [7, 11) is 2.02. The number of aliphatic carboxylic acids is 1. The lowest BCUT2D eigenvalue weighted by Gasteiger charge is -2.34. The van der Waals surface area contributed by atoms with Gasteiger partial charge in [-0.05, 0) is 32.4 Å². The maximum atomic E-state index is 11.7. The van der Waals surface area contributed by atoms with E-state index < -0.39 is 11.4 Å². The molecule has 3 heteroatoms. The Kier molecular flexibility index (Phi) is 5.55. The molecule has 0 fully saturated rings. The highest BCUT2D eigenvalue weighted by Gasteiger charge is 2.37. The predicted octanol–water partition coefficient (Wildman–Crippen LogP) is 3.15. The van der Waals surface area contributed by atoms with Gasteiger partial charge in [-0.25, -0.2) is 0 Å². The number of carboxylic acids is 1. The summed E-state index contributed by atoms with van der Waals surface area (Å²) in [6.45, 7) is 6.62. The number of hydrogen-bond acceptors (Lipinski definition) is 2. The molecule has 0 aliphatic rings. The van der Waals surface area contributed by atoms with E-state index in [0.29, 0.717) is 12.6 Å². The minimum absolute atomic E-state index is 0.433. The second-order valence-corrected chi connectivity index (χ2v) is 5.39. The summed E-state index contributed by atoms with van der Waals surface area (Å²) < 4.78 is 0. The van der Waals surface area contributed by atoms with Gasteiger partial charge >= 0.3 is 5.97 Å². The van der Waals surface area contributed by atoms with Crippen LogP contribution in [0.25, 0.3) is 0 Å². The number of likely N-dealkylation sites (N-methyl/N-ethyl adjacent to an activating group) is 1. The van der Waals surface area contributed by atoms with Gasteiger partial charge in [0.15, 0.2) is 0 Å². The molecule has 0 aliphatic heterocycles. The van der Waals surface area contributed by atoms with Gasteiger partial charge in [-0.15, -0.1) is 0 Å². The molecule has 19 heavy (non-hydrogen) atoms. The smallest absolute Gasteiger partial charge is 0.315 e. The fourth-order valence-electron chi connectivity index (χ4n) is 2.63. The lowest BCUT2D eigenvalue weighted by atomic mass is 9.81. The zero-order valence-electron chi connectivity index (χ0n) is 12.4. The van der Waals surface area contributed by atoms with Crippen molar-refractivity contribution in [1.29, 1.82) is 0 Å². The normalized spacial score (nSPS) is 14.6. The van der Waals surface area contributed by atoms with Crippen molar-refractivity contribution in [2.24, 2.45) is 0 Å². The average molecular weight is 263 g/mol. The van der Waals surface area contributed by atoms with Crippen LogP contribution in [0.4, 0.5) is 0 Å². The fourth-order valence-corrected chi connectivity index (χ4v) is 2.63. The summed E-state index contributed by atoms with van der Waals surface area (Å²) in [5, 5.41) is 9.64. The van der Waals surface area contributed by atoms with Gasteiger partial charge < -0.3 is 10.0 Å². The van der Waals surface area contributed by atoms with Crippen molar-refractivity contribution in [3.8, 4) is 0 Å². The van der Waals surface area contributed by atoms with Crippen molar-refractivity contribution in [3.05, 3.63) is 35.9 Å². The third-order valence-corrected chi connectivity index (χ3v) is 4.01. The van der Waals surface area contributed by atoms with E-state index in [0.717, 1.165) is 18.4 Å². The summed E-state index contributed by atoms with van der Waals surface area (Å²) >= 11 is 0. The first-order valence-electron chi connectivity index (χ1n) is 6.94. The average Bonchev–Trinajstić information content (AvgIpc) is 2.40. The van der Waals surface area contributed by atoms with Crippen LogP contribution >= 0.6 is 0 Å². The first-order valence-corrected chi connectivity index (χ1v) is 6.94. The Balaban J connectivity index is 2.99. The zero-order chi connectivity index (χ0) is 14.5. The maximum absolute atomic E-state index is 11.7. The van der Waals surface area contributed by atoms with Crippen LogP contribution in [0.3, 0.4) is 0 Å². The van der Waals surface area contributed by atoms with Crippen molar-refractivity contribution >= 4 is 5.97 Å². The van der Waals surface area contributed by atoms with E-state index in [-0.39, 0.29) is 0 Å². The van der Waals surface area contributed by atoms with E-state index in [1.54, 1.807) is 0 Å². The van der Waals surface area contributed by atoms with E-state index in [1.165, 1.54) is 0 Å². The van der Waals surface area contributed by atoms with Crippen LogP contribution in [0.2, 0.25) is 0 Å². The van der Waals surface area contributed by atoms with Crippen LogP contribution in [0.1, 0.15) is 39.2 Å². The summed E-state index contributed by atoms with van der Waals surface area (Å²) in [5.41, 5.74) is -0.00111. The third-order valence-electron chi connectivity index (χ3n) is 4.01. The molecule has 1 rings (SSSR count). The lowest BCUT2D eigenvalue weighted by molar-refractivity contribution is -0.144. The van der Waals surface area contributed by atoms with Crippen LogP contribution in [0.15, 0.2) is 30.3 Å². The van der Waals surface area contributed by atoms with Crippen LogP contribution in [-0.4, -0.2) is 35.6 Å². The SMILES string of the molecule is CCC(CC)N(C)CC(C)(C(=O)O)c1ccccc1. The number of carbonyl (C=O) groups is 1. The molecule has 1 unspecified atom stereocenters. The van der Waals surface area contributed by atoms with E-state index in [4.69, 9.17) is 0 Å². The molecule has 0 radical (unpaired) electrons. The Morgan fingerprint density at radius 3 is 2.21 bits per heavy atom. The first kappa shape index (κ1) is 15.7. The Labute approximate surface area is 116 Å². The fraction of sp³-hybridized carbons (Fsp3) is 0.562. The van der Waals surface area contributed by atoms with Gasteiger partial charge in [-0.1, -0.05) is 44.2 Å². The number of nitrogens with zero attached hydrogens (tertiary/aromatic N) is 1. The first-order chi connectivity index (χ1) is 8.95. The number of hydrogen-bond donors (Lipinski definition) is 1. The molecule has 106 valence electrons. The molecule has 0 amide bonds. The Morgan fingerprint density at radius 2 is 1.79 bits per heavy atom. The molecule has 0 bridgehead atoms. The molecule has 0 saturated carbocycles. The highest BCUT2D eigenvalue weighted by atomic mass is 16.4. The Morgan fingerprint density at radius 1 is 1.26 bits per heavy atom. The van der Waals surface area contributed by atoms with E-state index in [1.807, 2.05) is 44.3 Å². The molecule has 1 atom stereocenters. The highest BCUT2D eigenvalue weighted by molar-refractivity contribution is 5.81. The summed E-state index contributed by atoms with van der Waals surface area (Å²) in [6.07, 6.45) is 2.08. The summed E-state index contributed by atoms with van der Waals surface area (Å²) in [6, 6.07) is 9.93. The minimum Gasteiger partial charge on any atom is -0.481 e. The monoisotopic (exact) mass is 263 g/mol. The van der Waals surface area contributed by atoms with Crippen molar-refractivity contribution in [1.82, 2.24) is 4.90 Å². The number of carboxylic acid groups (broad SMARTS) is 1. The number of rotatable bonds is 7. The second-order valence-electron chi connectivity index (χ2n) is 5.39. The molecule has 1 aromatic rings. The Hall–Kier alpha value is -1.35. The standard InChI is InChI=1S/C16H25NO2/c1-5-14(6-2)17(4)12-16(3,15(18)19)13-10-8-7-9-11-13/h7-11,14H,5-6,12H2,1-4H3,(H,18,19). The van der Waals surface area contributed by atoms with Gasteiger partial charge in [0, 0.05) is 12.6 Å². The summed E-state index contributed by atoms with van der Waals surface area (Å²) in [4.78, 5) is 13.9. The van der Waals surface area contributed by atoms with Crippen molar-refractivity contribution in [2.75, 3.05) is 13.6 Å². The van der Waals surface area contributed by atoms with Crippen molar-refractivity contribution in [3.63, 3.8) is 0 Å². The number of benzene rings is 1. The van der Waals surface area contributed by atoms with Gasteiger partial charge in [0.25, 0.3) is 0 Å². The molecule has 0 aromatic heterocycles. The molecule has 0 spiro atoms. The van der Waals surface area contributed by atoms with Crippen LogP contribution in [-0.2, 0) is 10.2 Å². The molecule has 0 aliphatic carbocycles. The van der Waals surface area contributed by atoms with E-state index in [2.05, 4.69) is 18.7 Å². The van der Waals surface area contributed by atoms with Gasteiger partial charge in [0.05, 0.1) is 0 Å². The van der Waals surface area contributed by atoms with E-state index >= 15 is 0 Å². The Bertz CT molecular complexity index is 400. The maximum Gasteiger partial charge on any atom is 0.315 e. The molecular weight excluding hydrogens is 238 g/mol. The molecular formula is C16H25NO2. The molecule has 0 heterocycles. The minimum atomic E-state index is -0.863. The zero-order valence-corrected chi connectivity index (χ0v) is 12.4. The quantitative estimate of drug-likeness (QED) is 0.821. The topological polar surface area (TPSA) is 40.5 Å². The molecule has 3 nitrogen and oxygen atoms in total. The predicted molar refractivity (Wildman–Crippen MR) is 78.4 cm³/mol. The van der Waals surface area contributed by atoms with Gasteiger partial charge in [-0.3, -0.25) is 4.79 Å². The summed E-state index contributed by atoms with van der Waals surface area (Å²) in [5.74, 6) is -0.767. The van der Waals surface area contributed by atoms with Crippen LogP contribution in [0, 0.1) is 0 Å². The molecule has 0 saturated heterocycles. The lowest BCUT2D eigenvalue weighted by Crippen LogP contribution is -2.46.